The first-order chi connectivity index (χ1) is 10.1. The summed E-state index contributed by atoms with van der Waals surface area (Å²) in [4.78, 5) is 20.9. The van der Waals surface area contributed by atoms with E-state index in [1.165, 1.54) is 12.8 Å². The first kappa shape index (κ1) is 14.8. The summed E-state index contributed by atoms with van der Waals surface area (Å²) in [6.07, 6.45) is 7.45. The highest BCUT2D eigenvalue weighted by molar-refractivity contribution is 6.29. The van der Waals surface area contributed by atoms with E-state index in [2.05, 4.69) is 9.88 Å². The van der Waals surface area contributed by atoms with Crippen molar-refractivity contribution in [1.82, 2.24) is 14.8 Å². The van der Waals surface area contributed by atoms with E-state index in [1.54, 1.807) is 12.3 Å². The lowest BCUT2D eigenvalue weighted by Crippen LogP contribution is -2.39. The van der Waals surface area contributed by atoms with Crippen molar-refractivity contribution >= 4 is 17.5 Å². The standard InChI is InChI=1S/C16H22ClN3O/c1-19(11-13-4-5-14(17)18-10-13)12-20-9-8-16(15(20)21)6-2-3-7-16/h4-5,10H,2-3,6-9,11-12H2,1H3. The maximum Gasteiger partial charge on any atom is 0.229 e. The van der Waals surface area contributed by atoms with Crippen molar-refractivity contribution in [2.24, 2.45) is 5.41 Å². The molecule has 1 saturated heterocycles. The maximum atomic E-state index is 12.6. The van der Waals surface area contributed by atoms with Gasteiger partial charge in [-0.3, -0.25) is 9.69 Å². The lowest BCUT2D eigenvalue weighted by atomic mass is 9.85. The Bertz CT molecular complexity index is 511. The zero-order valence-electron chi connectivity index (χ0n) is 12.5. The fourth-order valence-electron chi connectivity index (χ4n) is 3.70. The molecule has 2 fully saturated rings. The second kappa shape index (κ2) is 5.93. The lowest BCUT2D eigenvalue weighted by molar-refractivity contribution is -0.137. The smallest absolute Gasteiger partial charge is 0.229 e. The van der Waals surface area contributed by atoms with Crippen LogP contribution in [0.5, 0.6) is 0 Å². The number of hydrogen-bond acceptors (Lipinski definition) is 3. The molecule has 0 bridgehead atoms. The van der Waals surface area contributed by atoms with Crippen LogP contribution in [0, 0.1) is 5.41 Å². The number of amides is 1. The van der Waals surface area contributed by atoms with Gasteiger partial charge in [0.1, 0.15) is 5.15 Å². The Hall–Kier alpha value is -1.13. The zero-order valence-corrected chi connectivity index (χ0v) is 13.3. The molecule has 1 amide bonds. The van der Waals surface area contributed by atoms with Crippen LogP contribution in [0.15, 0.2) is 18.3 Å². The minimum absolute atomic E-state index is 0.0112. The molecule has 1 aliphatic carbocycles. The van der Waals surface area contributed by atoms with Gasteiger partial charge in [0.25, 0.3) is 0 Å². The van der Waals surface area contributed by atoms with Gasteiger partial charge in [0.05, 0.1) is 12.1 Å². The summed E-state index contributed by atoms with van der Waals surface area (Å²) < 4.78 is 0. The van der Waals surface area contributed by atoms with Crippen molar-refractivity contribution in [3.8, 4) is 0 Å². The van der Waals surface area contributed by atoms with Gasteiger partial charge in [0, 0.05) is 19.3 Å². The molecular formula is C16H22ClN3O. The van der Waals surface area contributed by atoms with Crippen molar-refractivity contribution in [1.29, 1.82) is 0 Å². The zero-order chi connectivity index (χ0) is 14.9. The highest BCUT2D eigenvalue weighted by atomic mass is 35.5. The third-order valence-electron chi connectivity index (χ3n) is 4.82. The van der Waals surface area contributed by atoms with E-state index in [9.17, 15) is 4.79 Å². The summed E-state index contributed by atoms with van der Waals surface area (Å²) in [7, 11) is 2.04. The van der Waals surface area contributed by atoms with Crippen molar-refractivity contribution in [3.63, 3.8) is 0 Å². The molecule has 5 heteroatoms. The van der Waals surface area contributed by atoms with Crippen molar-refractivity contribution in [2.75, 3.05) is 20.3 Å². The Morgan fingerprint density at radius 2 is 2.10 bits per heavy atom. The monoisotopic (exact) mass is 307 g/mol. The van der Waals surface area contributed by atoms with E-state index in [4.69, 9.17) is 11.6 Å². The molecule has 114 valence electrons. The second-order valence-corrected chi connectivity index (χ2v) is 6.84. The Labute approximate surface area is 131 Å². The molecule has 3 rings (SSSR count). The van der Waals surface area contributed by atoms with Gasteiger partial charge in [-0.15, -0.1) is 0 Å². The number of pyridine rings is 1. The van der Waals surface area contributed by atoms with Crippen LogP contribution in [-0.4, -0.2) is 41.0 Å². The molecule has 4 nitrogen and oxygen atoms in total. The van der Waals surface area contributed by atoms with Gasteiger partial charge in [-0.05, 0) is 37.9 Å². The van der Waals surface area contributed by atoms with Crippen LogP contribution in [0.25, 0.3) is 0 Å². The molecular weight excluding hydrogens is 286 g/mol. The molecule has 21 heavy (non-hydrogen) atoms. The van der Waals surface area contributed by atoms with Gasteiger partial charge in [0.15, 0.2) is 0 Å². The summed E-state index contributed by atoms with van der Waals surface area (Å²) in [5, 5.41) is 0.513. The number of halogens is 1. The minimum Gasteiger partial charge on any atom is -0.329 e. The van der Waals surface area contributed by atoms with Gasteiger partial charge >= 0.3 is 0 Å². The van der Waals surface area contributed by atoms with Gasteiger partial charge in [-0.25, -0.2) is 4.98 Å². The van der Waals surface area contributed by atoms with Crippen LogP contribution in [-0.2, 0) is 11.3 Å². The maximum absolute atomic E-state index is 12.6. The molecule has 2 aliphatic rings. The van der Waals surface area contributed by atoms with E-state index >= 15 is 0 Å². The van der Waals surface area contributed by atoms with Crippen LogP contribution < -0.4 is 0 Å². The van der Waals surface area contributed by atoms with Gasteiger partial charge in [-0.1, -0.05) is 30.5 Å². The fourth-order valence-corrected chi connectivity index (χ4v) is 3.81. The van der Waals surface area contributed by atoms with Crippen molar-refractivity contribution < 1.29 is 4.79 Å². The molecule has 0 aromatic carbocycles. The summed E-state index contributed by atoms with van der Waals surface area (Å²) in [6.45, 7) is 2.38. The van der Waals surface area contributed by atoms with E-state index in [-0.39, 0.29) is 5.41 Å². The molecule has 0 N–H and O–H groups in total. The van der Waals surface area contributed by atoms with E-state index in [1.807, 2.05) is 18.0 Å². The quantitative estimate of drug-likeness (QED) is 0.803. The third-order valence-corrected chi connectivity index (χ3v) is 5.04. The number of hydrogen-bond donors (Lipinski definition) is 0. The molecule has 1 saturated carbocycles. The van der Waals surface area contributed by atoms with Crippen LogP contribution in [0.3, 0.4) is 0 Å². The number of carbonyl (C=O) groups excluding carboxylic acids is 1. The molecule has 2 heterocycles. The van der Waals surface area contributed by atoms with Crippen LogP contribution in [0.1, 0.15) is 37.7 Å². The van der Waals surface area contributed by atoms with Gasteiger partial charge in [-0.2, -0.15) is 0 Å². The fraction of sp³-hybridized carbons (Fsp3) is 0.625. The number of carbonyl (C=O) groups is 1. The predicted molar refractivity (Wildman–Crippen MR) is 82.8 cm³/mol. The van der Waals surface area contributed by atoms with E-state index in [0.29, 0.717) is 17.7 Å². The molecule has 0 atom stereocenters. The van der Waals surface area contributed by atoms with Gasteiger partial charge in [0.2, 0.25) is 5.91 Å². The highest BCUT2D eigenvalue weighted by Gasteiger charge is 2.47. The average Bonchev–Trinajstić information content (AvgIpc) is 3.05. The molecule has 0 unspecified atom stereocenters. The number of rotatable bonds is 4. The first-order valence-electron chi connectivity index (χ1n) is 7.67. The highest BCUT2D eigenvalue weighted by Crippen LogP contribution is 2.46. The summed E-state index contributed by atoms with van der Waals surface area (Å²) in [6, 6.07) is 3.79. The Balaban J connectivity index is 1.57. The minimum atomic E-state index is -0.0112. The Morgan fingerprint density at radius 1 is 1.33 bits per heavy atom. The number of aromatic nitrogens is 1. The predicted octanol–water partition coefficient (Wildman–Crippen LogP) is 2.92. The average molecular weight is 308 g/mol. The first-order valence-corrected chi connectivity index (χ1v) is 8.05. The molecule has 1 aliphatic heterocycles. The van der Waals surface area contributed by atoms with Crippen molar-refractivity contribution in [2.45, 2.75) is 38.6 Å². The largest absolute Gasteiger partial charge is 0.329 e. The van der Waals surface area contributed by atoms with Crippen LogP contribution >= 0.6 is 11.6 Å². The van der Waals surface area contributed by atoms with Gasteiger partial charge < -0.3 is 4.90 Å². The topological polar surface area (TPSA) is 36.4 Å². The molecule has 1 aromatic heterocycles. The SMILES string of the molecule is CN(Cc1ccc(Cl)nc1)CN1CCC2(CCCC2)C1=O. The molecule has 0 radical (unpaired) electrons. The van der Waals surface area contributed by atoms with Crippen LogP contribution in [0.2, 0.25) is 5.15 Å². The number of nitrogens with zero attached hydrogens (tertiary/aromatic N) is 3. The van der Waals surface area contributed by atoms with E-state index < -0.39 is 0 Å². The van der Waals surface area contributed by atoms with E-state index in [0.717, 1.165) is 37.9 Å². The molecule has 1 aromatic rings. The normalized spacial score (nSPS) is 20.9. The summed E-state index contributed by atoms with van der Waals surface area (Å²) in [5.41, 5.74) is 1.10. The van der Waals surface area contributed by atoms with Crippen molar-refractivity contribution in [3.05, 3.63) is 29.0 Å². The Kier molecular flexibility index (Phi) is 4.18. The Morgan fingerprint density at radius 3 is 2.76 bits per heavy atom. The number of likely N-dealkylation sites (tertiary alicyclic amines) is 1. The summed E-state index contributed by atoms with van der Waals surface area (Å²) >= 11 is 5.80. The molecule has 1 spiro atoms. The summed E-state index contributed by atoms with van der Waals surface area (Å²) in [5.74, 6) is 0.376. The third kappa shape index (κ3) is 3.06. The lowest BCUT2D eigenvalue weighted by Gasteiger charge is -2.26. The van der Waals surface area contributed by atoms with Crippen LogP contribution in [0.4, 0.5) is 0 Å². The second-order valence-electron chi connectivity index (χ2n) is 6.45.